The molecule has 3 aromatic heterocycles. The summed E-state index contributed by atoms with van der Waals surface area (Å²) in [5, 5.41) is 13.2. The predicted octanol–water partition coefficient (Wildman–Crippen LogP) is 4.35. The third-order valence-corrected chi connectivity index (χ3v) is 5.24. The number of hydrogen-bond donors (Lipinski definition) is 0. The second kappa shape index (κ2) is 8.05. The molecule has 3 heterocycles. The van der Waals surface area contributed by atoms with Crippen molar-refractivity contribution in [3.8, 4) is 11.9 Å². The predicted molar refractivity (Wildman–Crippen MR) is 110 cm³/mol. The summed E-state index contributed by atoms with van der Waals surface area (Å²) in [6.45, 7) is 1.80. The second-order valence-corrected chi connectivity index (χ2v) is 7.29. The van der Waals surface area contributed by atoms with Crippen molar-refractivity contribution in [2.24, 2.45) is 0 Å². The molecule has 0 aliphatic heterocycles. The van der Waals surface area contributed by atoms with Crippen LogP contribution in [0.4, 0.5) is 19.0 Å². The van der Waals surface area contributed by atoms with Gasteiger partial charge in [0.1, 0.15) is 24.5 Å². The van der Waals surface area contributed by atoms with Crippen molar-refractivity contribution < 1.29 is 13.2 Å². The lowest BCUT2D eigenvalue weighted by atomic mass is 10.1. The molecule has 0 saturated carbocycles. The first kappa shape index (κ1) is 21.5. The minimum absolute atomic E-state index is 0.121. The molecule has 0 N–H and O–H groups in total. The van der Waals surface area contributed by atoms with Crippen LogP contribution in [0.2, 0.25) is 5.02 Å². The van der Waals surface area contributed by atoms with Crippen molar-refractivity contribution >= 4 is 28.3 Å². The Morgan fingerprint density at radius 1 is 1.12 bits per heavy atom. The first-order chi connectivity index (χ1) is 15.2. The number of nitriles is 1. The zero-order chi connectivity index (χ0) is 23.0. The molecule has 0 amide bonds. The van der Waals surface area contributed by atoms with E-state index in [4.69, 9.17) is 16.9 Å². The van der Waals surface area contributed by atoms with E-state index in [9.17, 15) is 13.2 Å². The van der Waals surface area contributed by atoms with E-state index in [-0.39, 0.29) is 21.7 Å². The Balaban J connectivity index is 1.77. The molecular weight excluding hydrogens is 445 g/mol. The van der Waals surface area contributed by atoms with Crippen LogP contribution >= 0.6 is 11.6 Å². The van der Waals surface area contributed by atoms with Crippen LogP contribution < -0.4 is 4.90 Å². The van der Waals surface area contributed by atoms with Crippen molar-refractivity contribution in [2.45, 2.75) is 19.1 Å². The van der Waals surface area contributed by atoms with Gasteiger partial charge in [0.25, 0.3) is 0 Å². The Morgan fingerprint density at radius 3 is 2.56 bits per heavy atom. The third kappa shape index (κ3) is 3.80. The van der Waals surface area contributed by atoms with Gasteiger partial charge in [-0.05, 0) is 31.2 Å². The number of halogens is 4. The quantitative estimate of drug-likeness (QED) is 0.448. The molecule has 0 fully saturated rings. The van der Waals surface area contributed by atoms with Crippen LogP contribution in [-0.2, 0) is 6.18 Å². The van der Waals surface area contributed by atoms with Crippen molar-refractivity contribution in [2.75, 3.05) is 11.9 Å². The summed E-state index contributed by atoms with van der Waals surface area (Å²) >= 11 is 6.09. The van der Waals surface area contributed by atoms with Crippen molar-refractivity contribution in [1.82, 2.24) is 29.7 Å². The number of fused-ring (bicyclic) bond motifs is 1. The molecule has 8 nitrogen and oxygen atoms in total. The van der Waals surface area contributed by atoms with E-state index in [1.165, 1.54) is 23.5 Å². The minimum Gasteiger partial charge on any atom is -0.349 e. The number of alkyl halides is 3. The topological polar surface area (TPSA) is 96.4 Å². The van der Waals surface area contributed by atoms with E-state index in [0.717, 1.165) is 12.1 Å². The second-order valence-electron chi connectivity index (χ2n) is 6.88. The van der Waals surface area contributed by atoms with Gasteiger partial charge in [-0.2, -0.15) is 28.2 Å². The molecule has 162 valence electrons. The van der Waals surface area contributed by atoms with Crippen molar-refractivity contribution in [1.29, 1.82) is 5.26 Å². The summed E-state index contributed by atoms with van der Waals surface area (Å²) in [6.07, 6.45) is -0.576. The molecule has 1 aromatic carbocycles. The largest absolute Gasteiger partial charge is 0.416 e. The number of aromatic nitrogens is 6. The van der Waals surface area contributed by atoms with Crippen LogP contribution in [0.25, 0.3) is 16.7 Å². The monoisotopic (exact) mass is 458 g/mol. The normalized spacial score (nSPS) is 12.5. The molecular formula is C20H14ClF3N8. The van der Waals surface area contributed by atoms with Crippen LogP contribution in [0.15, 0.2) is 43.1 Å². The number of nitrogens with zero attached hydrogens (tertiary/aromatic N) is 8. The SMILES string of the molecule is C[C@@H](c1ncnn1-c1ccc(C#N)cn1)N(C)c1ncnc2c(Cl)cc(C(F)(F)F)cc12. The lowest BCUT2D eigenvalue weighted by molar-refractivity contribution is -0.137. The first-order valence-electron chi connectivity index (χ1n) is 9.21. The summed E-state index contributed by atoms with van der Waals surface area (Å²) in [5.74, 6) is 1.15. The van der Waals surface area contributed by atoms with E-state index in [1.54, 1.807) is 31.0 Å². The van der Waals surface area contributed by atoms with Gasteiger partial charge < -0.3 is 4.90 Å². The van der Waals surface area contributed by atoms with Gasteiger partial charge in [-0.1, -0.05) is 11.6 Å². The minimum atomic E-state index is -4.57. The first-order valence-corrected chi connectivity index (χ1v) is 9.59. The Bertz CT molecular complexity index is 1330. The molecule has 0 spiro atoms. The number of rotatable bonds is 4. The van der Waals surface area contributed by atoms with Gasteiger partial charge in [-0.15, -0.1) is 0 Å². The van der Waals surface area contributed by atoms with Gasteiger partial charge in [-0.3, -0.25) is 0 Å². The summed E-state index contributed by atoms with van der Waals surface area (Å²) in [6, 6.07) is 6.57. The Kier molecular flexibility index (Phi) is 5.40. The van der Waals surface area contributed by atoms with Crippen molar-refractivity contribution in [3.05, 3.63) is 65.1 Å². The van der Waals surface area contributed by atoms with Crippen LogP contribution in [-0.4, -0.2) is 36.8 Å². The van der Waals surface area contributed by atoms with E-state index < -0.39 is 17.8 Å². The molecule has 0 unspecified atom stereocenters. The van der Waals surface area contributed by atoms with E-state index in [1.807, 2.05) is 6.07 Å². The molecule has 0 aliphatic rings. The summed E-state index contributed by atoms with van der Waals surface area (Å²) in [5.41, 5.74) is -0.290. The molecule has 4 rings (SSSR count). The van der Waals surface area contributed by atoms with Crippen LogP contribution in [0.5, 0.6) is 0 Å². The fourth-order valence-corrected chi connectivity index (χ4v) is 3.47. The molecule has 4 aromatic rings. The Hall–Kier alpha value is -3.78. The highest BCUT2D eigenvalue weighted by Gasteiger charge is 2.32. The summed E-state index contributed by atoms with van der Waals surface area (Å²) < 4.78 is 41.5. The molecule has 0 saturated heterocycles. The van der Waals surface area contributed by atoms with Gasteiger partial charge >= 0.3 is 6.18 Å². The molecule has 0 aliphatic carbocycles. The van der Waals surface area contributed by atoms with Gasteiger partial charge in [0, 0.05) is 18.6 Å². The fraction of sp³-hybridized carbons (Fsp3) is 0.200. The molecule has 32 heavy (non-hydrogen) atoms. The number of hydrogen-bond acceptors (Lipinski definition) is 7. The van der Waals surface area contributed by atoms with Crippen molar-refractivity contribution in [3.63, 3.8) is 0 Å². The van der Waals surface area contributed by atoms with Gasteiger partial charge in [0.15, 0.2) is 11.6 Å². The highest BCUT2D eigenvalue weighted by atomic mass is 35.5. The fourth-order valence-electron chi connectivity index (χ4n) is 3.20. The van der Waals surface area contributed by atoms with Gasteiger partial charge in [0.2, 0.25) is 0 Å². The highest BCUT2D eigenvalue weighted by Crippen LogP contribution is 2.38. The third-order valence-electron chi connectivity index (χ3n) is 4.96. The van der Waals surface area contributed by atoms with Crippen LogP contribution in [0, 0.1) is 11.3 Å². The van der Waals surface area contributed by atoms with E-state index in [2.05, 4.69) is 25.0 Å². The van der Waals surface area contributed by atoms with Crippen LogP contribution in [0.3, 0.4) is 0 Å². The zero-order valence-electron chi connectivity index (χ0n) is 16.7. The average Bonchev–Trinajstić information content (AvgIpc) is 3.27. The Morgan fingerprint density at radius 2 is 1.91 bits per heavy atom. The summed E-state index contributed by atoms with van der Waals surface area (Å²) in [4.78, 5) is 18.4. The lowest BCUT2D eigenvalue weighted by Gasteiger charge is -2.26. The van der Waals surface area contributed by atoms with E-state index in [0.29, 0.717) is 17.2 Å². The average molecular weight is 459 g/mol. The van der Waals surface area contributed by atoms with E-state index >= 15 is 0 Å². The molecule has 1 atom stereocenters. The number of pyridine rings is 1. The molecule has 12 heteroatoms. The molecule has 0 bridgehead atoms. The lowest BCUT2D eigenvalue weighted by Crippen LogP contribution is -2.26. The summed E-state index contributed by atoms with van der Waals surface area (Å²) in [7, 11) is 1.67. The van der Waals surface area contributed by atoms with Crippen LogP contribution in [0.1, 0.15) is 29.9 Å². The maximum atomic E-state index is 13.3. The zero-order valence-corrected chi connectivity index (χ0v) is 17.5. The molecule has 0 radical (unpaired) electrons. The highest BCUT2D eigenvalue weighted by molar-refractivity contribution is 6.35. The standard InChI is InChI=1S/C20H14ClF3N8/c1-11(18-29-10-30-32(18)16-4-3-12(7-25)8-26-16)31(2)19-14-5-13(20(22,23)24)6-15(21)17(14)27-9-28-19/h3-6,8-11H,1-2H3/t11-/m0/s1. The van der Waals surface area contributed by atoms with Gasteiger partial charge in [0.05, 0.1) is 27.7 Å². The maximum Gasteiger partial charge on any atom is 0.416 e. The number of benzene rings is 1. The number of anilines is 1. The smallest absolute Gasteiger partial charge is 0.349 e. The van der Waals surface area contributed by atoms with Gasteiger partial charge in [-0.25, -0.2) is 19.9 Å². The maximum absolute atomic E-state index is 13.3. The Labute approximate surface area is 184 Å².